The largest absolute Gasteiger partial charge is 0.373 e. The first-order valence-electron chi connectivity index (χ1n) is 7.20. The van der Waals surface area contributed by atoms with Crippen LogP contribution in [-0.2, 0) is 10.3 Å². The third-order valence-electron chi connectivity index (χ3n) is 4.90. The maximum atomic E-state index is 11.4. The van der Waals surface area contributed by atoms with E-state index in [9.17, 15) is 4.79 Å². The molecule has 0 radical (unpaired) electrons. The van der Waals surface area contributed by atoms with Gasteiger partial charge in [-0.25, -0.2) is 0 Å². The van der Waals surface area contributed by atoms with Gasteiger partial charge in [0.1, 0.15) is 11.3 Å². The van der Waals surface area contributed by atoms with Crippen molar-refractivity contribution in [2.24, 2.45) is 17.6 Å². The zero-order chi connectivity index (χ0) is 14.2. The van der Waals surface area contributed by atoms with Crippen molar-refractivity contribution in [2.75, 3.05) is 20.2 Å². The zero-order valence-corrected chi connectivity index (χ0v) is 11.8. The number of nitrogens with one attached hydrogen (secondary N) is 1. The lowest BCUT2D eigenvalue weighted by Gasteiger charge is -2.52. The quantitative estimate of drug-likeness (QED) is 0.864. The van der Waals surface area contributed by atoms with Crippen LogP contribution in [0.25, 0.3) is 0 Å². The van der Waals surface area contributed by atoms with Gasteiger partial charge in [-0.2, -0.15) is 0 Å². The number of hydrogen-bond acceptors (Lipinski definition) is 4. The molecule has 1 amide bonds. The SMILES string of the molecule is COC1(c2ccnc(C(N)=O)c2)[C@@H]2CCC[C@H]1CNC2. The second-order valence-corrected chi connectivity index (χ2v) is 5.77. The van der Waals surface area contributed by atoms with Crippen LogP contribution in [-0.4, -0.2) is 31.1 Å². The van der Waals surface area contributed by atoms with Gasteiger partial charge in [0.2, 0.25) is 0 Å². The van der Waals surface area contributed by atoms with E-state index < -0.39 is 5.91 Å². The average Bonchev–Trinajstić information content (AvgIpc) is 2.46. The predicted octanol–water partition coefficient (Wildman–Crippen LogP) is 1.04. The summed E-state index contributed by atoms with van der Waals surface area (Å²) in [5.74, 6) is 0.378. The number of carbonyl (C=O) groups excluding carboxylic acids is 1. The lowest BCUT2D eigenvalue weighted by atomic mass is 9.63. The van der Waals surface area contributed by atoms with Crippen molar-refractivity contribution in [3.05, 3.63) is 29.6 Å². The second kappa shape index (κ2) is 5.14. The Hall–Kier alpha value is -1.46. The molecule has 108 valence electrons. The first-order chi connectivity index (χ1) is 9.68. The molecule has 20 heavy (non-hydrogen) atoms. The molecule has 0 aromatic carbocycles. The first-order valence-corrected chi connectivity index (χ1v) is 7.20. The van der Waals surface area contributed by atoms with Crippen molar-refractivity contribution in [3.8, 4) is 0 Å². The van der Waals surface area contributed by atoms with Gasteiger partial charge < -0.3 is 15.8 Å². The number of rotatable bonds is 3. The van der Waals surface area contributed by atoms with Crippen LogP contribution in [0.1, 0.15) is 35.3 Å². The molecule has 2 heterocycles. The topological polar surface area (TPSA) is 77.2 Å². The van der Waals surface area contributed by atoms with Crippen LogP contribution in [0, 0.1) is 11.8 Å². The number of nitrogens with two attached hydrogens (primary N) is 1. The van der Waals surface area contributed by atoms with E-state index in [0.717, 1.165) is 31.5 Å². The van der Waals surface area contributed by atoms with Crippen molar-refractivity contribution in [1.29, 1.82) is 0 Å². The summed E-state index contributed by atoms with van der Waals surface area (Å²) in [5, 5.41) is 3.50. The molecule has 1 aromatic heterocycles. The maximum absolute atomic E-state index is 11.4. The van der Waals surface area contributed by atoms with E-state index in [4.69, 9.17) is 10.5 Å². The van der Waals surface area contributed by atoms with E-state index in [0.29, 0.717) is 17.5 Å². The summed E-state index contributed by atoms with van der Waals surface area (Å²) in [4.78, 5) is 15.4. The smallest absolute Gasteiger partial charge is 0.267 e. The van der Waals surface area contributed by atoms with E-state index in [1.165, 1.54) is 6.42 Å². The fraction of sp³-hybridized carbons (Fsp3) is 0.600. The van der Waals surface area contributed by atoms with E-state index in [-0.39, 0.29) is 5.60 Å². The van der Waals surface area contributed by atoms with Gasteiger partial charge in [-0.05, 0) is 30.5 Å². The molecule has 3 rings (SSSR count). The van der Waals surface area contributed by atoms with Crippen LogP contribution in [0.2, 0.25) is 0 Å². The molecule has 3 N–H and O–H groups in total. The van der Waals surface area contributed by atoms with Crippen molar-refractivity contribution in [2.45, 2.75) is 24.9 Å². The van der Waals surface area contributed by atoms with Gasteiger partial charge in [0.25, 0.3) is 5.91 Å². The number of hydrogen-bond donors (Lipinski definition) is 2. The van der Waals surface area contributed by atoms with E-state index in [1.807, 2.05) is 12.1 Å². The number of aromatic nitrogens is 1. The summed E-state index contributed by atoms with van der Waals surface area (Å²) in [5.41, 5.74) is 6.41. The Bertz CT molecular complexity index is 496. The second-order valence-electron chi connectivity index (χ2n) is 5.77. The Kier molecular flexibility index (Phi) is 3.48. The van der Waals surface area contributed by atoms with Gasteiger partial charge in [-0.1, -0.05) is 6.42 Å². The van der Waals surface area contributed by atoms with Gasteiger partial charge in [-0.15, -0.1) is 0 Å². The first kappa shape index (κ1) is 13.5. The fourth-order valence-corrected chi connectivity index (χ4v) is 4.04. The molecule has 3 atom stereocenters. The summed E-state index contributed by atoms with van der Waals surface area (Å²) in [7, 11) is 1.78. The minimum Gasteiger partial charge on any atom is -0.373 e. The highest BCUT2D eigenvalue weighted by Crippen LogP contribution is 2.49. The highest BCUT2D eigenvalue weighted by molar-refractivity contribution is 5.90. The number of nitrogens with zero attached hydrogens (tertiary/aromatic N) is 1. The Labute approximate surface area is 118 Å². The Morgan fingerprint density at radius 1 is 1.45 bits per heavy atom. The molecule has 5 nitrogen and oxygen atoms in total. The average molecular weight is 275 g/mol. The van der Waals surface area contributed by atoms with Crippen LogP contribution in [0.15, 0.2) is 18.3 Å². The zero-order valence-electron chi connectivity index (χ0n) is 11.8. The van der Waals surface area contributed by atoms with Crippen molar-refractivity contribution in [1.82, 2.24) is 10.3 Å². The van der Waals surface area contributed by atoms with Crippen LogP contribution >= 0.6 is 0 Å². The molecule has 1 aliphatic heterocycles. The summed E-state index contributed by atoms with van der Waals surface area (Å²) in [6, 6.07) is 3.77. The molecular formula is C15H21N3O2. The molecule has 2 aliphatic rings. The molecule has 1 unspecified atom stereocenters. The van der Waals surface area contributed by atoms with Crippen LogP contribution in [0.4, 0.5) is 0 Å². The predicted molar refractivity (Wildman–Crippen MR) is 75.1 cm³/mol. The molecule has 1 aromatic rings. The summed E-state index contributed by atoms with van der Waals surface area (Å²) >= 11 is 0. The van der Waals surface area contributed by atoms with E-state index >= 15 is 0 Å². The van der Waals surface area contributed by atoms with Crippen LogP contribution in [0.5, 0.6) is 0 Å². The van der Waals surface area contributed by atoms with Gasteiger partial charge in [0, 0.05) is 38.2 Å². The standard InChI is InChI=1S/C15H21N3O2/c1-20-15(10-5-6-18-13(7-10)14(16)19)11-3-2-4-12(15)9-17-8-11/h5-7,11-12,17H,2-4,8-9H2,1H3,(H2,16,19)/t11-,12+,15?. The molecule has 2 fully saturated rings. The minimum atomic E-state index is -0.489. The number of piperidine rings is 1. The Morgan fingerprint density at radius 2 is 2.15 bits per heavy atom. The Balaban J connectivity index is 2.08. The molecule has 5 heteroatoms. The number of primary amides is 1. The summed E-state index contributed by atoms with van der Waals surface area (Å²) in [6.07, 6.45) is 5.20. The van der Waals surface area contributed by atoms with E-state index in [2.05, 4.69) is 10.3 Å². The lowest BCUT2D eigenvalue weighted by molar-refractivity contribution is -0.144. The number of pyridine rings is 1. The number of amides is 1. The van der Waals surface area contributed by atoms with Crippen molar-refractivity contribution in [3.63, 3.8) is 0 Å². The number of carbonyl (C=O) groups is 1. The monoisotopic (exact) mass is 275 g/mol. The normalized spacial score (nSPS) is 32.9. The highest BCUT2D eigenvalue weighted by atomic mass is 16.5. The van der Waals surface area contributed by atoms with Crippen LogP contribution < -0.4 is 11.1 Å². The lowest BCUT2D eigenvalue weighted by Crippen LogP contribution is -2.57. The number of methoxy groups -OCH3 is 1. The minimum absolute atomic E-state index is 0.309. The molecule has 1 saturated heterocycles. The summed E-state index contributed by atoms with van der Waals surface area (Å²) < 4.78 is 6.05. The van der Waals surface area contributed by atoms with Crippen molar-refractivity contribution < 1.29 is 9.53 Å². The van der Waals surface area contributed by atoms with Gasteiger partial charge in [0.05, 0.1) is 0 Å². The van der Waals surface area contributed by atoms with Crippen molar-refractivity contribution >= 4 is 5.91 Å². The maximum Gasteiger partial charge on any atom is 0.267 e. The van der Waals surface area contributed by atoms with Gasteiger partial charge >= 0.3 is 0 Å². The fourth-order valence-electron chi connectivity index (χ4n) is 4.04. The third-order valence-corrected chi connectivity index (χ3v) is 4.90. The molecule has 1 saturated carbocycles. The van der Waals surface area contributed by atoms with Gasteiger partial charge in [-0.3, -0.25) is 9.78 Å². The molecule has 1 aliphatic carbocycles. The van der Waals surface area contributed by atoms with E-state index in [1.54, 1.807) is 13.3 Å². The molecular weight excluding hydrogens is 254 g/mol. The number of ether oxygens (including phenoxy) is 1. The third kappa shape index (κ3) is 1.93. The Morgan fingerprint density at radius 3 is 2.75 bits per heavy atom. The summed E-state index contributed by atoms with van der Waals surface area (Å²) in [6.45, 7) is 1.91. The molecule has 0 spiro atoms. The molecule has 2 bridgehead atoms. The van der Waals surface area contributed by atoms with Gasteiger partial charge in [0.15, 0.2) is 0 Å². The highest BCUT2D eigenvalue weighted by Gasteiger charge is 2.51. The number of fused-ring (bicyclic) bond motifs is 2. The van der Waals surface area contributed by atoms with Crippen LogP contribution in [0.3, 0.4) is 0 Å².